The molecule has 9 nitrogen and oxygen atoms in total. The van der Waals surface area contributed by atoms with E-state index in [2.05, 4.69) is 41.9 Å². The first kappa shape index (κ1) is 27.4. The maximum atomic E-state index is 13.5. The minimum Gasteiger partial charge on any atom is -0.421 e. The van der Waals surface area contributed by atoms with Crippen molar-refractivity contribution in [3.8, 4) is 17.1 Å². The molecule has 0 saturated heterocycles. The molecule has 5 aromatic rings. The SMILES string of the molecule is O=C(Oc1c(Br)cc(Br)cc1C=Nn1c(-c2ccc([N+](=O)[O-])cc2)nc2ccccc2c1=O)c1ccc(Cl)cc1. The first-order chi connectivity index (χ1) is 19.2. The average molecular weight is 683 g/mol. The molecular formula is C28H15Br2ClN4O5. The summed E-state index contributed by atoms with van der Waals surface area (Å²) in [6, 6.07) is 22.0. The van der Waals surface area contributed by atoms with Crippen LogP contribution in [0, 0.1) is 10.1 Å². The Morgan fingerprint density at radius 3 is 2.42 bits per heavy atom. The van der Waals surface area contributed by atoms with Crippen molar-refractivity contribution in [1.29, 1.82) is 0 Å². The summed E-state index contributed by atoms with van der Waals surface area (Å²) >= 11 is 12.8. The standard InChI is InChI=1S/C28H15Br2ClN4O5/c29-19-13-18(25(23(30)14-19)40-28(37)17-5-9-20(31)10-6-17)15-32-34-26(16-7-11-21(12-8-16)35(38)39)33-24-4-2-1-3-22(24)27(34)36/h1-15H. The van der Waals surface area contributed by atoms with Crippen LogP contribution in [-0.2, 0) is 0 Å². The Bertz CT molecular complexity index is 1870. The van der Waals surface area contributed by atoms with Crippen molar-refractivity contribution in [1.82, 2.24) is 9.66 Å². The van der Waals surface area contributed by atoms with Gasteiger partial charge in [-0.25, -0.2) is 9.78 Å². The number of carbonyl (C=O) groups excluding carboxylic acids is 1. The Labute approximate surface area is 248 Å². The number of non-ortho nitro benzene ring substituents is 1. The molecule has 0 fully saturated rings. The van der Waals surface area contributed by atoms with Crippen molar-refractivity contribution in [2.24, 2.45) is 5.10 Å². The third kappa shape index (κ3) is 5.71. The molecule has 1 heterocycles. The van der Waals surface area contributed by atoms with E-state index in [-0.39, 0.29) is 22.8 Å². The average Bonchev–Trinajstić information content (AvgIpc) is 2.94. The van der Waals surface area contributed by atoms with Crippen molar-refractivity contribution in [2.75, 3.05) is 0 Å². The molecule has 0 saturated carbocycles. The molecule has 12 heteroatoms. The molecule has 1 aromatic heterocycles. The molecule has 0 aliphatic rings. The van der Waals surface area contributed by atoms with Gasteiger partial charge in [0.25, 0.3) is 11.2 Å². The summed E-state index contributed by atoms with van der Waals surface area (Å²) in [4.78, 5) is 41.6. The molecule has 0 aliphatic heterocycles. The smallest absolute Gasteiger partial charge is 0.343 e. The maximum Gasteiger partial charge on any atom is 0.343 e. The molecule has 0 unspecified atom stereocenters. The molecule has 40 heavy (non-hydrogen) atoms. The number of esters is 1. The third-order valence-electron chi connectivity index (χ3n) is 5.71. The third-order valence-corrected chi connectivity index (χ3v) is 7.01. The van der Waals surface area contributed by atoms with Gasteiger partial charge >= 0.3 is 5.97 Å². The van der Waals surface area contributed by atoms with Gasteiger partial charge in [0.05, 0.1) is 32.1 Å². The highest BCUT2D eigenvalue weighted by Crippen LogP contribution is 2.33. The van der Waals surface area contributed by atoms with Crippen LogP contribution in [0.3, 0.4) is 0 Å². The molecule has 0 spiro atoms. The zero-order valence-corrected chi connectivity index (χ0v) is 24.1. The largest absolute Gasteiger partial charge is 0.421 e. The van der Waals surface area contributed by atoms with Gasteiger partial charge in [0, 0.05) is 32.8 Å². The number of hydrogen-bond donors (Lipinski definition) is 0. The normalized spacial score (nSPS) is 11.2. The van der Waals surface area contributed by atoms with E-state index in [1.807, 2.05) is 0 Å². The Balaban J connectivity index is 1.62. The van der Waals surface area contributed by atoms with E-state index in [9.17, 15) is 19.7 Å². The van der Waals surface area contributed by atoms with Crippen LogP contribution in [0.25, 0.3) is 22.3 Å². The number of carbonyl (C=O) groups is 1. The topological polar surface area (TPSA) is 117 Å². The fraction of sp³-hybridized carbons (Fsp3) is 0. The Morgan fingerprint density at radius 1 is 1.02 bits per heavy atom. The van der Waals surface area contributed by atoms with Crippen molar-refractivity contribution < 1.29 is 14.5 Å². The Kier molecular flexibility index (Phi) is 7.88. The van der Waals surface area contributed by atoms with E-state index in [1.165, 1.54) is 30.5 Å². The summed E-state index contributed by atoms with van der Waals surface area (Å²) in [6.45, 7) is 0. The van der Waals surface area contributed by atoms with Crippen LogP contribution in [-0.4, -0.2) is 26.8 Å². The van der Waals surface area contributed by atoms with Crippen LogP contribution in [0.4, 0.5) is 5.69 Å². The second-order valence-corrected chi connectivity index (χ2v) is 10.5. The predicted molar refractivity (Wildman–Crippen MR) is 159 cm³/mol. The van der Waals surface area contributed by atoms with Gasteiger partial charge in [0.1, 0.15) is 0 Å². The highest BCUT2D eigenvalue weighted by Gasteiger charge is 2.17. The number of hydrogen-bond acceptors (Lipinski definition) is 7. The summed E-state index contributed by atoms with van der Waals surface area (Å²) < 4.78 is 7.91. The number of fused-ring (bicyclic) bond motifs is 1. The van der Waals surface area contributed by atoms with Gasteiger partial charge in [-0.1, -0.05) is 39.7 Å². The molecule has 0 atom stereocenters. The highest BCUT2D eigenvalue weighted by molar-refractivity contribution is 9.11. The number of nitrogens with zero attached hydrogens (tertiary/aromatic N) is 4. The quantitative estimate of drug-likeness (QED) is 0.0613. The van der Waals surface area contributed by atoms with Crippen molar-refractivity contribution >= 4 is 72.2 Å². The number of benzene rings is 4. The van der Waals surface area contributed by atoms with Gasteiger partial charge in [-0.05, 0) is 76.6 Å². The van der Waals surface area contributed by atoms with E-state index >= 15 is 0 Å². The van der Waals surface area contributed by atoms with Crippen molar-refractivity contribution in [3.63, 3.8) is 0 Å². The Hall–Kier alpha value is -4.19. The molecule has 0 amide bonds. The second kappa shape index (κ2) is 11.5. The van der Waals surface area contributed by atoms with Gasteiger partial charge in [-0.15, -0.1) is 0 Å². The summed E-state index contributed by atoms with van der Waals surface area (Å²) in [6.07, 6.45) is 1.37. The number of rotatable bonds is 6. The molecule has 0 radical (unpaired) electrons. The summed E-state index contributed by atoms with van der Waals surface area (Å²) in [5.41, 5.74) is 0.985. The van der Waals surface area contributed by atoms with Gasteiger partial charge in [-0.2, -0.15) is 9.78 Å². The monoisotopic (exact) mass is 680 g/mol. The van der Waals surface area contributed by atoms with Crippen LogP contribution >= 0.6 is 43.5 Å². The molecule has 0 bridgehead atoms. The molecule has 5 rings (SSSR count). The zero-order chi connectivity index (χ0) is 28.4. The Morgan fingerprint density at radius 2 is 1.73 bits per heavy atom. The van der Waals surface area contributed by atoms with E-state index in [1.54, 1.807) is 60.7 Å². The van der Waals surface area contributed by atoms with Crippen LogP contribution in [0.2, 0.25) is 5.02 Å². The van der Waals surface area contributed by atoms with Gasteiger partial charge in [0.2, 0.25) is 0 Å². The lowest BCUT2D eigenvalue weighted by Crippen LogP contribution is -2.20. The van der Waals surface area contributed by atoms with Crippen LogP contribution in [0.1, 0.15) is 15.9 Å². The van der Waals surface area contributed by atoms with E-state index in [0.717, 1.165) is 4.68 Å². The van der Waals surface area contributed by atoms with Gasteiger partial charge in [-0.3, -0.25) is 14.9 Å². The highest BCUT2D eigenvalue weighted by atomic mass is 79.9. The lowest BCUT2D eigenvalue weighted by atomic mass is 10.1. The molecule has 198 valence electrons. The van der Waals surface area contributed by atoms with E-state index in [4.69, 9.17) is 16.3 Å². The fourth-order valence-corrected chi connectivity index (χ4v) is 5.26. The van der Waals surface area contributed by atoms with E-state index in [0.29, 0.717) is 36.0 Å². The fourth-order valence-electron chi connectivity index (χ4n) is 3.79. The summed E-state index contributed by atoms with van der Waals surface area (Å²) in [7, 11) is 0. The number of halogens is 3. The first-order valence-corrected chi connectivity index (χ1v) is 13.5. The lowest BCUT2D eigenvalue weighted by molar-refractivity contribution is -0.384. The number of nitro groups is 1. The maximum absolute atomic E-state index is 13.5. The molecule has 4 aromatic carbocycles. The molecule has 0 N–H and O–H groups in total. The minimum absolute atomic E-state index is 0.104. The zero-order valence-electron chi connectivity index (χ0n) is 20.1. The molecule has 0 aliphatic carbocycles. The predicted octanol–water partition coefficient (Wildman–Crippen LogP) is 7.25. The lowest BCUT2D eigenvalue weighted by Gasteiger charge is -2.12. The van der Waals surface area contributed by atoms with E-state index < -0.39 is 16.5 Å². The number of ether oxygens (including phenoxy) is 1. The number of nitro benzene ring substituents is 1. The van der Waals surface area contributed by atoms with Crippen molar-refractivity contribution in [3.05, 3.63) is 130 Å². The van der Waals surface area contributed by atoms with Crippen molar-refractivity contribution in [2.45, 2.75) is 0 Å². The van der Waals surface area contributed by atoms with Crippen LogP contribution in [0.5, 0.6) is 5.75 Å². The van der Waals surface area contributed by atoms with Crippen LogP contribution < -0.4 is 10.3 Å². The summed E-state index contributed by atoms with van der Waals surface area (Å²) in [5.74, 6) is -0.278. The van der Waals surface area contributed by atoms with Crippen LogP contribution in [0.15, 0.2) is 104 Å². The molecular weight excluding hydrogens is 668 g/mol. The second-order valence-electron chi connectivity index (χ2n) is 8.32. The summed E-state index contributed by atoms with van der Waals surface area (Å²) in [5, 5.41) is 16.4. The van der Waals surface area contributed by atoms with Gasteiger partial charge in [0.15, 0.2) is 11.6 Å². The first-order valence-electron chi connectivity index (χ1n) is 11.5. The minimum atomic E-state index is -0.620. The van der Waals surface area contributed by atoms with Gasteiger partial charge < -0.3 is 4.74 Å². The number of para-hydroxylation sites is 1. The number of aromatic nitrogens is 2.